The minimum atomic E-state index is -0.142. The number of hydrogen-bond donors (Lipinski definition) is 0. The van der Waals surface area contributed by atoms with Crippen molar-refractivity contribution in [2.24, 2.45) is 0 Å². The first-order chi connectivity index (χ1) is 3.72. The summed E-state index contributed by atoms with van der Waals surface area (Å²) in [6, 6.07) is 1.90. The van der Waals surface area contributed by atoms with Crippen LogP contribution in [0.1, 0.15) is 0 Å². The zero-order valence-electron chi connectivity index (χ0n) is 5.06. The molecule has 1 unspecified atom stereocenters. The molecule has 0 aliphatic heterocycles. The average Bonchev–Trinajstić information content (AvgIpc) is 1.69. The molecule has 2 nitrogen and oxygen atoms in total. The number of alkyl halides is 1. The summed E-state index contributed by atoms with van der Waals surface area (Å²) in [6.45, 7) is 0. The topological polar surface area (TPSA) is 27.0 Å². The van der Waals surface area contributed by atoms with Crippen molar-refractivity contribution in [3.8, 4) is 6.07 Å². The summed E-state index contributed by atoms with van der Waals surface area (Å²) in [7, 11) is 3.66. The Kier molecular flexibility index (Phi) is 3.59. The highest BCUT2D eigenvalue weighted by Gasteiger charge is 2.05. The average molecular weight is 133 g/mol. The van der Waals surface area contributed by atoms with E-state index >= 15 is 0 Å². The van der Waals surface area contributed by atoms with Gasteiger partial charge >= 0.3 is 0 Å². The van der Waals surface area contributed by atoms with Gasteiger partial charge in [-0.3, -0.25) is 4.90 Å². The van der Waals surface area contributed by atoms with E-state index in [2.05, 4.69) is 0 Å². The van der Waals surface area contributed by atoms with Crippen molar-refractivity contribution in [2.75, 3.05) is 20.0 Å². The fourth-order valence-corrected chi connectivity index (χ4v) is 0.633. The lowest BCUT2D eigenvalue weighted by atomic mass is 10.4. The summed E-state index contributed by atoms with van der Waals surface area (Å²) in [6.07, 6.45) is 0. The van der Waals surface area contributed by atoms with Crippen LogP contribution in [0, 0.1) is 11.3 Å². The zero-order valence-corrected chi connectivity index (χ0v) is 5.81. The first-order valence-corrected chi connectivity index (χ1v) is 2.87. The van der Waals surface area contributed by atoms with E-state index in [4.69, 9.17) is 16.9 Å². The number of nitrogens with zero attached hydrogens (tertiary/aromatic N) is 2. The SMILES string of the molecule is CN(C)C(C#N)CCl. The Morgan fingerprint density at radius 2 is 2.25 bits per heavy atom. The molecule has 0 aromatic carbocycles. The highest BCUT2D eigenvalue weighted by molar-refractivity contribution is 6.18. The molecule has 0 saturated heterocycles. The van der Waals surface area contributed by atoms with Crippen LogP contribution in [-0.2, 0) is 0 Å². The standard InChI is InChI=1S/C5H9ClN2/c1-8(2)5(3-6)4-7/h5H,3H2,1-2H3. The first kappa shape index (κ1) is 7.74. The van der Waals surface area contributed by atoms with Crippen molar-refractivity contribution in [1.29, 1.82) is 5.26 Å². The molecule has 8 heavy (non-hydrogen) atoms. The van der Waals surface area contributed by atoms with Crippen LogP contribution >= 0.6 is 11.6 Å². The quantitative estimate of drug-likeness (QED) is 0.517. The van der Waals surface area contributed by atoms with Crippen molar-refractivity contribution >= 4 is 11.6 Å². The maximum atomic E-state index is 8.32. The van der Waals surface area contributed by atoms with Crippen LogP contribution in [0.25, 0.3) is 0 Å². The van der Waals surface area contributed by atoms with E-state index in [1.165, 1.54) is 0 Å². The third kappa shape index (κ3) is 2.15. The monoisotopic (exact) mass is 132 g/mol. The summed E-state index contributed by atoms with van der Waals surface area (Å²) < 4.78 is 0. The lowest BCUT2D eigenvalue weighted by Crippen LogP contribution is -2.27. The molecule has 0 rings (SSSR count). The van der Waals surface area contributed by atoms with Gasteiger partial charge in [0.05, 0.1) is 11.9 Å². The molecule has 0 N–H and O–H groups in total. The van der Waals surface area contributed by atoms with Crippen molar-refractivity contribution in [3.05, 3.63) is 0 Å². The van der Waals surface area contributed by atoms with Crippen molar-refractivity contribution < 1.29 is 0 Å². The van der Waals surface area contributed by atoms with E-state index in [0.29, 0.717) is 5.88 Å². The van der Waals surface area contributed by atoms with Crippen molar-refractivity contribution in [2.45, 2.75) is 6.04 Å². The third-order valence-electron chi connectivity index (χ3n) is 0.919. The van der Waals surface area contributed by atoms with Gasteiger partial charge in [-0.05, 0) is 14.1 Å². The molecule has 0 bridgehead atoms. The van der Waals surface area contributed by atoms with Crippen LogP contribution in [-0.4, -0.2) is 30.9 Å². The van der Waals surface area contributed by atoms with Crippen molar-refractivity contribution in [3.63, 3.8) is 0 Å². The fourth-order valence-electron chi connectivity index (χ4n) is 0.288. The van der Waals surface area contributed by atoms with E-state index in [1.54, 1.807) is 4.90 Å². The minimum absolute atomic E-state index is 0.142. The molecule has 0 aromatic rings. The Morgan fingerprint density at radius 3 is 2.25 bits per heavy atom. The Labute approximate surface area is 54.7 Å². The van der Waals surface area contributed by atoms with Gasteiger partial charge in [0.2, 0.25) is 0 Å². The molecule has 0 spiro atoms. The summed E-state index contributed by atoms with van der Waals surface area (Å²) >= 11 is 5.40. The number of rotatable bonds is 2. The molecule has 0 amide bonds. The predicted molar refractivity (Wildman–Crippen MR) is 33.8 cm³/mol. The lowest BCUT2D eigenvalue weighted by Gasteiger charge is -2.12. The van der Waals surface area contributed by atoms with Crippen molar-refractivity contribution in [1.82, 2.24) is 4.90 Å². The second-order valence-electron chi connectivity index (χ2n) is 1.76. The zero-order chi connectivity index (χ0) is 6.57. The molecule has 0 aliphatic carbocycles. The van der Waals surface area contributed by atoms with E-state index in [-0.39, 0.29) is 6.04 Å². The van der Waals surface area contributed by atoms with Gasteiger partial charge in [-0.25, -0.2) is 0 Å². The highest BCUT2D eigenvalue weighted by Crippen LogP contribution is 1.92. The smallest absolute Gasteiger partial charge is 0.111 e. The van der Waals surface area contributed by atoms with Crippen LogP contribution in [0.5, 0.6) is 0 Å². The maximum absolute atomic E-state index is 8.32. The van der Waals surface area contributed by atoms with E-state index in [0.717, 1.165) is 0 Å². The number of nitriles is 1. The largest absolute Gasteiger partial charge is 0.293 e. The maximum Gasteiger partial charge on any atom is 0.111 e. The number of halogens is 1. The summed E-state index contributed by atoms with van der Waals surface area (Å²) in [4.78, 5) is 1.78. The van der Waals surface area contributed by atoms with E-state index in [9.17, 15) is 0 Å². The second kappa shape index (κ2) is 3.71. The van der Waals surface area contributed by atoms with Crippen LogP contribution in [0.2, 0.25) is 0 Å². The lowest BCUT2D eigenvalue weighted by molar-refractivity contribution is 0.374. The Bertz CT molecular complexity index is 95.1. The second-order valence-corrected chi connectivity index (χ2v) is 2.07. The molecular weight excluding hydrogens is 124 g/mol. The van der Waals surface area contributed by atoms with Gasteiger partial charge < -0.3 is 0 Å². The third-order valence-corrected chi connectivity index (χ3v) is 1.21. The molecule has 3 heteroatoms. The summed E-state index contributed by atoms with van der Waals surface area (Å²) in [5.74, 6) is 0.378. The van der Waals surface area contributed by atoms with Crippen LogP contribution < -0.4 is 0 Å². The molecule has 0 aliphatic rings. The molecule has 0 fully saturated rings. The molecule has 0 radical (unpaired) electrons. The normalized spacial score (nSPS) is 13.4. The van der Waals surface area contributed by atoms with Gasteiger partial charge in [-0.2, -0.15) is 5.26 Å². The molecule has 0 aromatic heterocycles. The first-order valence-electron chi connectivity index (χ1n) is 2.34. The van der Waals surface area contributed by atoms with Crippen LogP contribution in [0.4, 0.5) is 0 Å². The van der Waals surface area contributed by atoms with E-state index in [1.807, 2.05) is 20.2 Å². The van der Waals surface area contributed by atoms with Gasteiger partial charge in [-0.15, -0.1) is 11.6 Å². The van der Waals surface area contributed by atoms with Gasteiger partial charge in [0.15, 0.2) is 0 Å². The summed E-state index contributed by atoms with van der Waals surface area (Å²) in [5.41, 5.74) is 0. The molecule has 46 valence electrons. The van der Waals surface area contributed by atoms with Gasteiger partial charge in [0.25, 0.3) is 0 Å². The van der Waals surface area contributed by atoms with E-state index < -0.39 is 0 Å². The molecular formula is C5H9ClN2. The minimum Gasteiger partial charge on any atom is -0.293 e. The Hall–Kier alpha value is -0.260. The van der Waals surface area contributed by atoms with Gasteiger partial charge in [0, 0.05) is 0 Å². The predicted octanol–water partition coefficient (Wildman–Crippen LogP) is 0.679. The van der Waals surface area contributed by atoms with Crippen LogP contribution in [0.15, 0.2) is 0 Å². The fraction of sp³-hybridized carbons (Fsp3) is 0.800. The molecule has 0 heterocycles. The van der Waals surface area contributed by atoms with Gasteiger partial charge in [0.1, 0.15) is 6.04 Å². The number of hydrogen-bond acceptors (Lipinski definition) is 2. The van der Waals surface area contributed by atoms with Gasteiger partial charge in [-0.1, -0.05) is 0 Å². The summed E-state index contributed by atoms with van der Waals surface area (Å²) in [5, 5.41) is 8.32. The Morgan fingerprint density at radius 1 is 1.75 bits per heavy atom. The molecule has 0 saturated carbocycles. The Balaban J connectivity index is 3.57. The highest BCUT2D eigenvalue weighted by atomic mass is 35.5. The van der Waals surface area contributed by atoms with Crippen LogP contribution in [0.3, 0.4) is 0 Å². The molecule has 1 atom stereocenters.